The quantitative estimate of drug-likeness (QED) is 0.502. The van der Waals surface area contributed by atoms with E-state index in [1.54, 1.807) is 24.3 Å². The first-order valence-corrected chi connectivity index (χ1v) is 9.57. The molecule has 0 aliphatic carbocycles. The van der Waals surface area contributed by atoms with E-state index in [4.69, 9.17) is 23.2 Å². The van der Waals surface area contributed by atoms with Gasteiger partial charge in [0, 0.05) is 16.7 Å². The van der Waals surface area contributed by atoms with Crippen molar-refractivity contribution in [3.05, 3.63) is 93.2 Å². The molecule has 3 rings (SSSR count). The second-order valence-corrected chi connectivity index (χ2v) is 7.99. The van der Waals surface area contributed by atoms with Crippen molar-refractivity contribution in [3.63, 3.8) is 0 Å². The monoisotopic (exact) mass is 411 g/mol. The van der Waals surface area contributed by atoms with Gasteiger partial charge in [0.1, 0.15) is 16.8 Å². The molecule has 134 valence electrons. The van der Waals surface area contributed by atoms with E-state index in [-0.39, 0.29) is 21.3 Å². The Morgan fingerprint density at radius 1 is 1.04 bits per heavy atom. The molecule has 1 aromatic heterocycles. The molecule has 2 aromatic carbocycles. The predicted octanol–water partition coefficient (Wildman–Crippen LogP) is 5.87. The standard InChI is InChI=1S/C19H13Cl2F2NOS/c1-11-5-7-12(8-6-11)26(25)19(13-9-17(21)24-10-14(13)20)18-15(22)3-2-4-16(18)23/h2-10,19H,1H3. The fourth-order valence-corrected chi connectivity index (χ4v) is 4.56. The summed E-state index contributed by atoms with van der Waals surface area (Å²) in [5, 5.41) is -0.957. The van der Waals surface area contributed by atoms with Crippen molar-refractivity contribution in [2.24, 2.45) is 0 Å². The van der Waals surface area contributed by atoms with Crippen molar-refractivity contribution in [2.45, 2.75) is 17.1 Å². The van der Waals surface area contributed by atoms with Crippen LogP contribution in [0.4, 0.5) is 8.78 Å². The van der Waals surface area contributed by atoms with Crippen LogP contribution in [0.25, 0.3) is 0 Å². The number of halogens is 4. The van der Waals surface area contributed by atoms with Gasteiger partial charge in [0.25, 0.3) is 0 Å². The Morgan fingerprint density at radius 3 is 2.27 bits per heavy atom. The molecule has 0 amide bonds. The van der Waals surface area contributed by atoms with Gasteiger partial charge < -0.3 is 0 Å². The largest absolute Gasteiger partial charge is 0.253 e. The van der Waals surface area contributed by atoms with Gasteiger partial charge >= 0.3 is 0 Å². The maximum Gasteiger partial charge on any atom is 0.130 e. The molecule has 0 saturated heterocycles. The van der Waals surface area contributed by atoms with Crippen LogP contribution >= 0.6 is 23.2 Å². The molecule has 7 heteroatoms. The second kappa shape index (κ2) is 7.82. The van der Waals surface area contributed by atoms with Crippen LogP contribution in [0.15, 0.2) is 59.6 Å². The van der Waals surface area contributed by atoms with E-state index in [1.807, 2.05) is 6.92 Å². The smallest absolute Gasteiger partial charge is 0.130 e. The van der Waals surface area contributed by atoms with Gasteiger partial charge in [-0.05, 0) is 42.8 Å². The molecule has 0 bridgehead atoms. The minimum atomic E-state index is -1.82. The lowest BCUT2D eigenvalue weighted by Crippen LogP contribution is -2.14. The third-order valence-electron chi connectivity index (χ3n) is 3.86. The van der Waals surface area contributed by atoms with Gasteiger partial charge in [0.2, 0.25) is 0 Å². The minimum absolute atomic E-state index is 0.0899. The molecule has 3 aromatic rings. The zero-order valence-electron chi connectivity index (χ0n) is 13.5. The molecule has 2 atom stereocenters. The van der Waals surface area contributed by atoms with E-state index in [0.717, 1.165) is 17.7 Å². The van der Waals surface area contributed by atoms with Crippen LogP contribution in [-0.4, -0.2) is 9.19 Å². The van der Waals surface area contributed by atoms with Crippen molar-refractivity contribution < 1.29 is 13.0 Å². The van der Waals surface area contributed by atoms with Crippen LogP contribution in [-0.2, 0) is 10.8 Å². The van der Waals surface area contributed by atoms with Crippen LogP contribution in [0.5, 0.6) is 0 Å². The fraction of sp³-hybridized carbons (Fsp3) is 0.105. The molecular formula is C19H13Cl2F2NOS. The van der Waals surface area contributed by atoms with Gasteiger partial charge in [-0.15, -0.1) is 0 Å². The molecule has 0 saturated carbocycles. The van der Waals surface area contributed by atoms with Gasteiger partial charge in [-0.2, -0.15) is 0 Å². The van der Waals surface area contributed by atoms with Crippen molar-refractivity contribution >= 4 is 34.0 Å². The zero-order chi connectivity index (χ0) is 18.8. The minimum Gasteiger partial charge on any atom is -0.253 e. The summed E-state index contributed by atoms with van der Waals surface area (Å²) in [6.45, 7) is 1.89. The lowest BCUT2D eigenvalue weighted by Gasteiger charge is -2.20. The SMILES string of the molecule is Cc1ccc(S(=O)C(c2cc(Cl)ncc2Cl)c2c(F)cccc2F)cc1. The Hall–Kier alpha value is -1.82. The maximum absolute atomic E-state index is 14.5. The summed E-state index contributed by atoms with van der Waals surface area (Å²) in [7, 11) is -1.82. The molecule has 2 nitrogen and oxygen atoms in total. The third-order valence-corrected chi connectivity index (χ3v) is 6.04. The van der Waals surface area contributed by atoms with Crippen molar-refractivity contribution in [1.29, 1.82) is 0 Å². The van der Waals surface area contributed by atoms with Gasteiger partial charge in [0.15, 0.2) is 0 Å². The van der Waals surface area contributed by atoms with Crippen molar-refractivity contribution in [2.75, 3.05) is 0 Å². The molecule has 0 N–H and O–H groups in total. The molecular weight excluding hydrogens is 399 g/mol. The van der Waals surface area contributed by atoms with E-state index < -0.39 is 27.7 Å². The summed E-state index contributed by atoms with van der Waals surface area (Å²) < 4.78 is 42.3. The Labute approximate surface area is 162 Å². The number of aromatic nitrogens is 1. The number of aryl methyl sites for hydroxylation is 1. The van der Waals surface area contributed by atoms with Gasteiger partial charge in [0.05, 0.1) is 21.1 Å². The van der Waals surface area contributed by atoms with Gasteiger partial charge in [-0.3, -0.25) is 4.21 Å². The van der Waals surface area contributed by atoms with Gasteiger partial charge in [-0.1, -0.05) is 47.0 Å². The molecule has 1 heterocycles. The van der Waals surface area contributed by atoms with Crippen LogP contribution in [0.1, 0.15) is 21.9 Å². The van der Waals surface area contributed by atoms with E-state index >= 15 is 0 Å². The van der Waals surface area contributed by atoms with E-state index in [2.05, 4.69) is 4.98 Å². The summed E-state index contributed by atoms with van der Waals surface area (Å²) in [4.78, 5) is 4.27. The third kappa shape index (κ3) is 3.80. The van der Waals surface area contributed by atoms with Crippen LogP contribution in [0, 0.1) is 18.6 Å². The number of hydrogen-bond acceptors (Lipinski definition) is 2. The topological polar surface area (TPSA) is 30.0 Å². The first kappa shape index (κ1) is 19.0. The predicted molar refractivity (Wildman–Crippen MR) is 100 cm³/mol. The number of benzene rings is 2. The molecule has 0 radical (unpaired) electrons. The van der Waals surface area contributed by atoms with E-state index in [9.17, 15) is 13.0 Å². The van der Waals surface area contributed by atoms with E-state index in [1.165, 1.54) is 18.3 Å². The summed E-state index contributed by atoms with van der Waals surface area (Å²) in [6, 6.07) is 11.8. The van der Waals surface area contributed by atoms with Crippen LogP contribution < -0.4 is 0 Å². The summed E-state index contributed by atoms with van der Waals surface area (Å²) >= 11 is 12.1. The lowest BCUT2D eigenvalue weighted by molar-refractivity contribution is 0.557. The molecule has 0 spiro atoms. The number of nitrogens with zero attached hydrogens (tertiary/aromatic N) is 1. The lowest BCUT2D eigenvalue weighted by atomic mass is 10.0. The summed E-state index contributed by atoms with van der Waals surface area (Å²) in [5.74, 6) is -1.61. The zero-order valence-corrected chi connectivity index (χ0v) is 15.9. The molecule has 0 fully saturated rings. The Bertz CT molecular complexity index is 960. The first-order chi connectivity index (χ1) is 12.4. The summed E-state index contributed by atoms with van der Waals surface area (Å²) in [5.41, 5.74) is 0.898. The number of hydrogen-bond donors (Lipinski definition) is 0. The highest BCUT2D eigenvalue weighted by Gasteiger charge is 2.30. The van der Waals surface area contributed by atoms with Crippen molar-refractivity contribution in [1.82, 2.24) is 4.98 Å². The first-order valence-electron chi connectivity index (χ1n) is 7.60. The molecule has 0 aliphatic rings. The normalized spacial score (nSPS) is 13.4. The maximum atomic E-state index is 14.5. The van der Waals surface area contributed by atoms with Crippen molar-refractivity contribution in [3.8, 4) is 0 Å². The number of rotatable bonds is 4. The molecule has 26 heavy (non-hydrogen) atoms. The average Bonchev–Trinajstić information content (AvgIpc) is 2.61. The van der Waals surface area contributed by atoms with Gasteiger partial charge in [-0.25, -0.2) is 13.8 Å². The molecule has 0 aliphatic heterocycles. The Morgan fingerprint density at radius 2 is 1.65 bits per heavy atom. The van der Waals surface area contributed by atoms with Crippen LogP contribution in [0.2, 0.25) is 10.2 Å². The van der Waals surface area contributed by atoms with Crippen LogP contribution in [0.3, 0.4) is 0 Å². The highest BCUT2D eigenvalue weighted by atomic mass is 35.5. The summed E-state index contributed by atoms with van der Waals surface area (Å²) in [6.07, 6.45) is 1.28. The van der Waals surface area contributed by atoms with E-state index in [0.29, 0.717) is 4.90 Å². The Balaban J connectivity index is 2.24. The highest BCUT2D eigenvalue weighted by Crippen LogP contribution is 2.38. The molecule has 2 unspecified atom stereocenters. The average molecular weight is 412 g/mol. The highest BCUT2D eigenvalue weighted by molar-refractivity contribution is 7.85. The second-order valence-electron chi connectivity index (χ2n) is 5.65. The fourth-order valence-electron chi connectivity index (χ4n) is 2.58. The Kier molecular flexibility index (Phi) is 5.70. The number of pyridine rings is 1.